The molecule has 0 saturated carbocycles. The van der Waals surface area contributed by atoms with E-state index in [1.165, 1.54) is 10.5 Å². The molecule has 0 bridgehead atoms. The largest absolute Gasteiger partial charge is 0.488 e. The number of hydrogen-bond acceptors (Lipinski definition) is 4. The fraction of sp³-hybridized carbons (Fsp3) is 0.103. The van der Waals surface area contributed by atoms with Crippen molar-refractivity contribution in [3.8, 4) is 5.75 Å². The summed E-state index contributed by atoms with van der Waals surface area (Å²) in [5.74, 6) is 0.440. The molecule has 4 aromatic carbocycles. The summed E-state index contributed by atoms with van der Waals surface area (Å²) in [7, 11) is 0. The summed E-state index contributed by atoms with van der Waals surface area (Å²) in [4.78, 5) is 27.5. The minimum absolute atomic E-state index is 0.249. The molecule has 0 N–H and O–H groups in total. The van der Waals surface area contributed by atoms with Crippen molar-refractivity contribution < 1.29 is 14.3 Å². The first-order valence-corrected chi connectivity index (χ1v) is 12.8. The molecule has 5 rings (SSSR count). The number of imide groups is 1. The number of carbonyl (C=O) groups is 2. The molecule has 174 valence electrons. The van der Waals surface area contributed by atoms with Crippen LogP contribution in [-0.4, -0.2) is 16.0 Å². The van der Waals surface area contributed by atoms with Gasteiger partial charge in [-0.1, -0.05) is 78.4 Å². The van der Waals surface area contributed by atoms with E-state index in [2.05, 4.69) is 35.0 Å². The van der Waals surface area contributed by atoms with Gasteiger partial charge in [0.15, 0.2) is 0 Å². The molecule has 1 aliphatic heterocycles. The van der Waals surface area contributed by atoms with Crippen molar-refractivity contribution in [2.45, 2.75) is 20.1 Å². The van der Waals surface area contributed by atoms with Crippen LogP contribution < -0.4 is 4.74 Å². The second kappa shape index (κ2) is 10.1. The summed E-state index contributed by atoms with van der Waals surface area (Å²) in [6.07, 6.45) is 1.75. The topological polar surface area (TPSA) is 46.6 Å². The van der Waals surface area contributed by atoms with E-state index in [0.717, 1.165) is 43.7 Å². The summed E-state index contributed by atoms with van der Waals surface area (Å²) < 4.78 is 6.73. The Labute approximate surface area is 216 Å². The van der Waals surface area contributed by atoms with Gasteiger partial charge in [0.05, 0.1) is 15.9 Å². The highest BCUT2D eigenvalue weighted by molar-refractivity contribution is 9.10. The number of halogens is 1. The first kappa shape index (κ1) is 23.4. The van der Waals surface area contributed by atoms with E-state index in [1.54, 1.807) is 6.08 Å². The number of rotatable bonds is 6. The Hall–Kier alpha value is -3.35. The standard InChI is InChI=1S/C29H22BrNO3S/c1-19-9-11-20(12-10-19)18-34-26-14-13-21(15-25(26)30)16-27-28(32)31(29(33)35-27)17-23-7-4-6-22-5-2-3-8-24(22)23/h2-16H,17-18H2,1H3/b27-16+. The predicted octanol–water partition coefficient (Wildman–Crippen LogP) is 7.73. The first-order chi connectivity index (χ1) is 17.0. The maximum absolute atomic E-state index is 13.1. The normalized spacial score (nSPS) is 14.8. The van der Waals surface area contributed by atoms with Gasteiger partial charge in [-0.15, -0.1) is 0 Å². The Balaban J connectivity index is 1.30. The number of aryl methyl sites for hydroxylation is 1. The molecule has 0 radical (unpaired) electrons. The lowest BCUT2D eigenvalue weighted by molar-refractivity contribution is -0.123. The molecule has 4 nitrogen and oxygen atoms in total. The molecule has 4 aromatic rings. The van der Waals surface area contributed by atoms with E-state index in [9.17, 15) is 9.59 Å². The molecule has 35 heavy (non-hydrogen) atoms. The molecule has 0 atom stereocenters. The Morgan fingerprint density at radius 3 is 2.51 bits per heavy atom. The summed E-state index contributed by atoms with van der Waals surface area (Å²) in [5, 5.41) is 1.87. The zero-order valence-corrected chi connectivity index (χ0v) is 21.4. The molecule has 0 unspecified atom stereocenters. The maximum atomic E-state index is 13.1. The molecular weight excluding hydrogens is 522 g/mol. The monoisotopic (exact) mass is 543 g/mol. The van der Waals surface area contributed by atoms with Gasteiger partial charge in [0.25, 0.3) is 11.1 Å². The zero-order chi connectivity index (χ0) is 24.4. The van der Waals surface area contributed by atoms with Crippen molar-refractivity contribution in [2.24, 2.45) is 0 Å². The average Bonchev–Trinajstić information content (AvgIpc) is 3.12. The van der Waals surface area contributed by atoms with Crippen LogP contribution in [0.1, 0.15) is 22.3 Å². The van der Waals surface area contributed by atoms with Crippen molar-refractivity contribution in [3.63, 3.8) is 0 Å². The number of carbonyl (C=O) groups excluding carboxylic acids is 2. The number of fused-ring (bicyclic) bond motifs is 1. The highest BCUT2D eigenvalue weighted by atomic mass is 79.9. The highest BCUT2D eigenvalue weighted by Gasteiger charge is 2.35. The van der Waals surface area contributed by atoms with Gasteiger partial charge in [-0.2, -0.15) is 0 Å². The van der Waals surface area contributed by atoms with E-state index in [-0.39, 0.29) is 17.7 Å². The molecule has 0 aliphatic carbocycles. The van der Waals surface area contributed by atoms with Gasteiger partial charge in [-0.3, -0.25) is 14.5 Å². The van der Waals surface area contributed by atoms with Gasteiger partial charge in [-0.25, -0.2) is 0 Å². The fourth-order valence-corrected chi connectivity index (χ4v) is 5.31. The third-order valence-corrected chi connectivity index (χ3v) is 7.38. The first-order valence-electron chi connectivity index (χ1n) is 11.2. The number of nitrogens with zero attached hydrogens (tertiary/aromatic N) is 1. The van der Waals surface area contributed by atoms with Gasteiger partial charge in [-0.05, 0) is 80.3 Å². The van der Waals surface area contributed by atoms with Crippen LogP contribution in [0, 0.1) is 6.92 Å². The zero-order valence-electron chi connectivity index (χ0n) is 19.0. The summed E-state index contributed by atoms with van der Waals surface area (Å²) in [5.41, 5.74) is 4.06. The van der Waals surface area contributed by atoms with Gasteiger partial charge < -0.3 is 4.74 Å². The SMILES string of the molecule is Cc1ccc(COc2ccc(/C=C3/SC(=O)N(Cc4cccc5ccccc45)C3=O)cc2Br)cc1. The molecule has 1 saturated heterocycles. The second-order valence-corrected chi connectivity index (χ2v) is 10.2. The summed E-state index contributed by atoms with van der Waals surface area (Å²) >= 11 is 4.54. The average molecular weight is 544 g/mol. The minimum atomic E-state index is -0.274. The Morgan fingerprint density at radius 2 is 1.71 bits per heavy atom. The van der Waals surface area contributed by atoms with Gasteiger partial charge in [0.1, 0.15) is 12.4 Å². The van der Waals surface area contributed by atoms with Crippen molar-refractivity contribution in [2.75, 3.05) is 0 Å². The molecule has 1 aliphatic rings. The minimum Gasteiger partial charge on any atom is -0.488 e. The molecule has 0 aromatic heterocycles. The number of amides is 2. The van der Waals surface area contributed by atoms with Crippen LogP contribution in [0.5, 0.6) is 5.75 Å². The van der Waals surface area contributed by atoms with Gasteiger partial charge >= 0.3 is 0 Å². The number of hydrogen-bond donors (Lipinski definition) is 0. The van der Waals surface area contributed by atoms with E-state index in [1.807, 2.05) is 72.8 Å². The van der Waals surface area contributed by atoms with Gasteiger partial charge in [0.2, 0.25) is 0 Å². The van der Waals surface area contributed by atoms with Crippen molar-refractivity contribution in [1.82, 2.24) is 4.90 Å². The predicted molar refractivity (Wildman–Crippen MR) is 145 cm³/mol. The van der Waals surface area contributed by atoms with Crippen LogP contribution in [0.4, 0.5) is 4.79 Å². The molecule has 1 fully saturated rings. The second-order valence-electron chi connectivity index (χ2n) is 8.37. The Bertz CT molecular complexity index is 1460. The third-order valence-electron chi connectivity index (χ3n) is 5.85. The Kier molecular flexibility index (Phi) is 6.75. The van der Waals surface area contributed by atoms with Crippen LogP contribution in [0.25, 0.3) is 16.8 Å². The van der Waals surface area contributed by atoms with E-state index in [4.69, 9.17) is 4.74 Å². The van der Waals surface area contributed by atoms with Crippen LogP contribution in [0.3, 0.4) is 0 Å². The van der Waals surface area contributed by atoms with Gasteiger partial charge in [0, 0.05) is 0 Å². The van der Waals surface area contributed by atoms with E-state index in [0.29, 0.717) is 17.3 Å². The van der Waals surface area contributed by atoms with Crippen molar-refractivity contribution in [1.29, 1.82) is 0 Å². The molecule has 6 heteroatoms. The van der Waals surface area contributed by atoms with E-state index >= 15 is 0 Å². The molecular formula is C29H22BrNO3S. The smallest absolute Gasteiger partial charge is 0.293 e. The lowest BCUT2D eigenvalue weighted by atomic mass is 10.0. The number of thioether (sulfide) groups is 1. The number of ether oxygens (including phenoxy) is 1. The van der Waals surface area contributed by atoms with Crippen LogP contribution in [-0.2, 0) is 17.9 Å². The van der Waals surface area contributed by atoms with E-state index < -0.39 is 0 Å². The van der Waals surface area contributed by atoms with Crippen LogP contribution >= 0.6 is 27.7 Å². The van der Waals surface area contributed by atoms with Crippen molar-refractivity contribution in [3.05, 3.63) is 117 Å². The van der Waals surface area contributed by atoms with Crippen LogP contribution in [0.15, 0.2) is 94.3 Å². The summed E-state index contributed by atoms with van der Waals surface area (Å²) in [6.45, 7) is 2.77. The lowest BCUT2D eigenvalue weighted by Crippen LogP contribution is -2.27. The third kappa shape index (κ3) is 5.19. The van der Waals surface area contributed by atoms with Crippen LogP contribution in [0.2, 0.25) is 0 Å². The number of benzene rings is 4. The molecule has 0 spiro atoms. The lowest BCUT2D eigenvalue weighted by Gasteiger charge is -2.14. The quantitative estimate of drug-likeness (QED) is 0.233. The molecule has 2 amide bonds. The summed E-state index contributed by atoms with van der Waals surface area (Å²) in [6, 6.07) is 27.8. The highest BCUT2D eigenvalue weighted by Crippen LogP contribution is 2.35. The fourth-order valence-electron chi connectivity index (χ4n) is 3.96. The molecule has 1 heterocycles. The Morgan fingerprint density at radius 1 is 0.943 bits per heavy atom. The maximum Gasteiger partial charge on any atom is 0.293 e. The van der Waals surface area contributed by atoms with Crippen molar-refractivity contribution >= 4 is 55.7 Å².